The maximum absolute atomic E-state index is 12.3. The molecule has 1 amide bonds. The van der Waals surface area contributed by atoms with Gasteiger partial charge in [-0.05, 0) is 58.4 Å². The molecule has 0 saturated heterocycles. The second-order valence-corrected chi connectivity index (χ2v) is 8.57. The number of nitrogens with two attached hydrogens (primary N) is 1. The number of benzene rings is 1. The van der Waals surface area contributed by atoms with E-state index in [2.05, 4.69) is 10.0 Å². The summed E-state index contributed by atoms with van der Waals surface area (Å²) in [7, 11) is -3.62. The van der Waals surface area contributed by atoms with Crippen molar-refractivity contribution in [3.63, 3.8) is 0 Å². The first-order valence-electron chi connectivity index (χ1n) is 8.28. The van der Waals surface area contributed by atoms with Gasteiger partial charge in [0.2, 0.25) is 15.9 Å². The Hall–Kier alpha value is -1.15. The van der Waals surface area contributed by atoms with Crippen LogP contribution in [0, 0.1) is 0 Å². The lowest BCUT2D eigenvalue weighted by Crippen LogP contribution is -2.40. The van der Waals surface area contributed by atoms with Crippen LogP contribution in [0.3, 0.4) is 0 Å². The van der Waals surface area contributed by atoms with E-state index in [0.717, 1.165) is 25.7 Å². The summed E-state index contributed by atoms with van der Waals surface area (Å²) in [6, 6.07) is 6.29. The maximum atomic E-state index is 12.3. The lowest BCUT2D eigenvalue weighted by Gasteiger charge is -2.20. The number of hydrogen-bond donors (Lipinski definition) is 3. The first-order chi connectivity index (χ1) is 11.1. The molecule has 1 rings (SSSR count). The third kappa shape index (κ3) is 9.79. The van der Waals surface area contributed by atoms with Gasteiger partial charge in [-0.2, -0.15) is 0 Å². The van der Waals surface area contributed by atoms with Gasteiger partial charge in [0.25, 0.3) is 0 Å². The normalized spacial score (nSPS) is 11.7. The summed E-state index contributed by atoms with van der Waals surface area (Å²) < 4.78 is 27.2. The van der Waals surface area contributed by atoms with E-state index in [1.807, 2.05) is 0 Å². The molecule has 0 bridgehead atoms. The molecule has 0 aliphatic carbocycles. The van der Waals surface area contributed by atoms with E-state index in [1.165, 1.54) is 12.1 Å². The van der Waals surface area contributed by atoms with Crippen molar-refractivity contribution in [1.82, 2.24) is 4.72 Å². The molecule has 0 aliphatic rings. The van der Waals surface area contributed by atoms with Gasteiger partial charge in [0.05, 0.1) is 4.90 Å². The van der Waals surface area contributed by atoms with E-state index in [1.54, 1.807) is 32.9 Å². The molecular weight excluding hydrogens is 362 g/mol. The molecule has 0 aliphatic heterocycles. The Labute approximate surface area is 157 Å². The van der Waals surface area contributed by atoms with Crippen LogP contribution < -0.4 is 15.8 Å². The van der Waals surface area contributed by atoms with Crippen LogP contribution in [-0.2, 0) is 14.8 Å². The Balaban J connectivity index is 0.00000576. The van der Waals surface area contributed by atoms with Gasteiger partial charge in [0.15, 0.2) is 0 Å². The molecular formula is C17H30ClN3O3S. The number of unbranched alkanes of at least 4 members (excludes halogenated alkanes) is 3. The lowest BCUT2D eigenvalue weighted by atomic mass is 10.1. The summed E-state index contributed by atoms with van der Waals surface area (Å²) in [5, 5.41) is 2.75. The predicted molar refractivity (Wildman–Crippen MR) is 105 cm³/mol. The van der Waals surface area contributed by atoms with E-state index in [-0.39, 0.29) is 23.2 Å². The maximum Gasteiger partial charge on any atom is 0.241 e. The molecule has 8 heteroatoms. The van der Waals surface area contributed by atoms with Crippen molar-refractivity contribution in [2.24, 2.45) is 5.73 Å². The zero-order chi connectivity index (χ0) is 18.2. The van der Waals surface area contributed by atoms with Gasteiger partial charge in [0, 0.05) is 17.6 Å². The summed E-state index contributed by atoms with van der Waals surface area (Å²) >= 11 is 0. The number of nitrogens with one attached hydrogen (secondary N) is 2. The Bertz CT molecular complexity index is 643. The van der Waals surface area contributed by atoms with Gasteiger partial charge in [-0.3, -0.25) is 4.79 Å². The fourth-order valence-corrected chi connectivity index (χ4v) is 3.67. The average Bonchev–Trinajstić information content (AvgIpc) is 2.45. The highest BCUT2D eigenvalue weighted by molar-refractivity contribution is 7.89. The van der Waals surface area contributed by atoms with Gasteiger partial charge in [-0.1, -0.05) is 18.9 Å². The summed E-state index contributed by atoms with van der Waals surface area (Å²) in [5.74, 6) is -0.110. The number of carbonyl (C=O) groups is 1. The van der Waals surface area contributed by atoms with Crippen molar-refractivity contribution in [1.29, 1.82) is 0 Å². The molecule has 0 radical (unpaired) electrons. The third-order valence-electron chi connectivity index (χ3n) is 3.23. The van der Waals surface area contributed by atoms with Crippen LogP contribution in [0.4, 0.5) is 5.69 Å². The fraction of sp³-hybridized carbons (Fsp3) is 0.588. The molecule has 0 fully saturated rings. The number of rotatable bonds is 9. The first-order valence-corrected chi connectivity index (χ1v) is 9.76. The Morgan fingerprint density at radius 3 is 2.36 bits per heavy atom. The van der Waals surface area contributed by atoms with Crippen LogP contribution in [0.1, 0.15) is 52.9 Å². The van der Waals surface area contributed by atoms with Crippen LogP contribution in [0.2, 0.25) is 0 Å². The molecule has 0 saturated carbocycles. The molecule has 25 heavy (non-hydrogen) atoms. The number of sulfonamides is 1. The second kappa shape index (κ2) is 10.8. The van der Waals surface area contributed by atoms with Crippen molar-refractivity contribution in [2.75, 3.05) is 11.9 Å². The smallest absolute Gasteiger partial charge is 0.241 e. The molecule has 6 nitrogen and oxygen atoms in total. The number of amides is 1. The topological polar surface area (TPSA) is 101 Å². The van der Waals surface area contributed by atoms with Crippen LogP contribution in [0.5, 0.6) is 0 Å². The second-order valence-electron chi connectivity index (χ2n) is 6.88. The summed E-state index contributed by atoms with van der Waals surface area (Å²) in [5.41, 5.74) is 5.34. The van der Waals surface area contributed by atoms with E-state index < -0.39 is 15.6 Å². The average molecular weight is 392 g/mol. The molecule has 0 unspecified atom stereocenters. The molecule has 1 aromatic carbocycles. The Morgan fingerprint density at radius 1 is 1.12 bits per heavy atom. The number of hydrogen-bond acceptors (Lipinski definition) is 4. The minimum atomic E-state index is -3.62. The summed E-state index contributed by atoms with van der Waals surface area (Å²) in [4.78, 5) is 12.1. The predicted octanol–water partition coefficient (Wildman–Crippen LogP) is 3.03. The van der Waals surface area contributed by atoms with E-state index >= 15 is 0 Å². The van der Waals surface area contributed by atoms with Crippen molar-refractivity contribution in [2.45, 2.75) is 63.3 Å². The van der Waals surface area contributed by atoms with Gasteiger partial charge < -0.3 is 11.1 Å². The molecule has 1 aromatic rings. The third-order valence-corrected chi connectivity index (χ3v) is 4.98. The molecule has 0 aromatic heterocycles. The summed E-state index contributed by atoms with van der Waals surface area (Å²) in [6.45, 7) is 6.01. The van der Waals surface area contributed by atoms with Gasteiger partial charge >= 0.3 is 0 Å². The zero-order valence-electron chi connectivity index (χ0n) is 15.2. The van der Waals surface area contributed by atoms with Gasteiger partial charge in [0.1, 0.15) is 0 Å². The SMILES string of the molecule is CC(C)(C)NS(=O)(=O)c1cccc(NC(=O)CCCCCCN)c1.Cl. The minimum absolute atomic E-state index is 0. The largest absolute Gasteiger partial charge is 0.330 e. The molecule has 144 valence electrons. The lowest BCUT2D eigenvalue weighted by molar-refractivity contribution is -0.116. The number of anilines is 1. The van der Waals surface area contributed by atoms with Crippen molar-refractivity contribution >= 4 is 34.0 Å². The standard InChI is InChI=1S/C17H29N3O3S.ClH/c1-17(2,3)20-24(22,23)15-10-8-9-14(13-15)19-16(21)11-6-4-5-7-12-18;/h8-10,13,20H,4-7,11-12,18H2,1-3H3,(H,19,21);1H. The Morgan fingerprint density at radius 2 is 1.76 bits per heavy atom. The van der Waals surface area contributed by atoms with Crippen LogP contribution in [0.15, 0.2) is 29.2 Å². The monoisotopic (exact) mass is 391 g/mol. The van der Waals surface area contributed by atoms with Gasteiger partial charge in [-0.25, -0.2) is 13.1 Å². The zero-order valence-corrected chi connectivity index (χ0v) is 16.8. The van der Waals surface area contributed by atoms with Crippen molar-refractivity contribution in [3.05, 3.63) is 24.3 Å². The van der Waals surface area contributed by atoms with Crippen LogP contribution in [-0.4, -0.2) is 26.4 Å². The molecule has 0 spiro atoms. The van der Waals surface area contributed by atoms with Crippen molar-refractivity contribution in [3.8, 4) is 0 Å². The highest BCUT2D eigenvalue weighted by atomic mass is 35.5. The molecule has 0 heterocycles. The van der Waals surface area contributed by atoms with Crippen molar-refractivity contribution < 1.29 is 13.2 Å². The first kappa shape index (κ1) is 23.9. The van der Waals surface area contributed by atoms with E-state index in [0.29, 0.717) is 18.7 Å². The number of halogens is 1. The minimum Gasteiger partial charge on any atom is -0.330 e. The molecule has 4 N–H and O–H groups in total. The van der Waals surface area contributed by atoms with E-state index in [4.69, 9.17) is 5.73 Å². The quantitative estimate of drug-likeness (QED) is 0.563. The van der Waals surface area contributed by atoms with E-state index in [9.17, 15) is 13.2 Å². The fourth-order valence-electron chi connectivity index (χ4n) is 2.21. The Kier molecular flexibility index (Phi) is 10.3. The number of carbonyl (C=O) groups excluding carboxylic acids is 1. The highest BCUT2D eigenvalue weighted by Gasteiger charge is 2.22. The van der Waals surface area contributed by atoms with Gasteiger partial charge in [-0.15, -0.1) is 12.4 Å². The molecule has 0 atom stereocenters. The summed E-state index contributed by atoms with van der Waals surface area (Å²) in [6.07, 6.45) is 4.18. The van der Waals surface area contributed by atoms with Crippen LogP contribution in [0.25, 0.3) is 0 Å². The highest BCUT2D eigenvalue weighted by Crippen LogP contribution is 2.18. The van der Waals surface area contributed by atoms with Crippen LogP contribution >= 0.6 is 12.4 Å².